The van der Waals surface area contributed by atoms with Crippen LogP contribution in [0.15, 0.2) is 28.7 Å². The highest BCUT2D eigenvalue weighted by Gasteiger charge is 2.27. The summed E-state index contributed by atoms with van der Waals surface area (Å²) in [4.78, 5) is 11.8. The van der Waals surface area contributed by atoms with Crippen LogP contribution in [0.1, 0.15) is 45.6 Å². The number of hydrogen-bond acceptors (Lipinski definition) is 3. The summed E-state index contributed by atoms with van der Waals surface area (Å²) in [5, 5.41) is 6.53. The van der Waals surface area contributed by atoms with E-state index in [4.69, 9.17) is 4.74 Å². The fourth-order valence-corrected chi connectivity index (χ4v) is 3.13. The molecule has 0 aliphatic heterocycles. The zero-order valence-electron chi connectivity index (χ0n) is 13.5. The van der Waals surface area contributed by atoms with Crippen molar-refractivity contribution >= 4 is 22.0 Å². The summed E-state index contributed by atoms with van der Waals surface area (Å²) in [5.74, 6) is 0. The zero-order chi connectivity index (χ0) is 16.2. The van der Waals surface area contributed by atoms with E-state index in [0.29, 0.717) is 6.04 Å². The molecule has 1 amide bonds. The minimum atomic E-state index is -0.443. The molecule has 5 heteroatoms. The Morgan fingerprint density at radius 3 is 2.73 bits per heavy atom. The lowest BCUT2D eigenvalue weighted by Gasteiger charge is -2.21. The highest BCUT2D eigenvalue weighted by molar-refractivity contribution is 9.10. The van der Waals surface area contributed by atoms with E-state index in [1.54, 1.807) is 0 Å². The van der Waals surface area contributed by atoms with Gasteiger partial charge in [-0.25, -0.2) is 4.79 Å². The first-order chi connectivity index (χ1) is 10.3. The van der Waals surface area contributed by atoms with E-state index in [9.17, 15) is 4.79 Å². The van der Waals surface area contributed by atoms with Crippen LogP contribution >= 0.6 is 15.9 Å². The summed E-state index contributed by atoms with van der Waals surface area (Å²) < 4.78 is 6.40. The minimum Gasteiger partial charge on any atom is -0.444 e. The molecule has 2 rings (SSSR count). The molecule has 2 unspecified atom stereocenters. The summed E-state index contributed by atoms with van der Waals surface area (Å²) in [6.45, 7) is 6.49. The Kier molecular flexibility index (Phi) is 5.87. The van der Waals surface area contributed by atoms with Crippen molar-refractivity contribution in [3.63, 3.8) is 0 Å². The third-order valence-corrected chi connectivity index (χ3v) is 4.13. The maximum absolute atomic E-state index is 11.8. The van der Waals surface area contributed by atoms with Gasteiger partial charge in [-0.2, -0.15) is 0 Å². The summed E-state index contributed by atoms with van der Waals surface area (Å²) in [6.07, 6.45) is 2.71. The van der Waals surface area contributed by atoms with Crippen LogP contribution < -0.4 is 10.6 Å². The van der Waals surface area contributed by atoms with Crippen LogP contribution in [0.4, 0.5) is 4.79 Å². The highest BCUT2D eigenvalue weighted by Crippen LogP contribution is 2.21. The standard InChI is InChI=1S/C17H25BrN2O2/c1-17(2,3)22-16(21)20-15-8-7-14(10-15)19-11-12-5-4-6-13(18)9-12/h4-6,9,14-15,19H,7-8,10-11H2,1-3H3,(H,20,21). The van der Waals surface area contributed by atoms with E-state index in [0.717, 1.165) is 30.3 Å². The Labute approximate surface area is 141 Å². The van der Waals surface area contributed by atoms with Crippen LogP contribution in [0, 0.1) is 0 Å². The molecule has 1 fully saturated rings. The summed E-state index contributed by atoms with van der Waals surface area (Å²) in [7, 11) is 0. The molecular weight excluding hydrogens is 344 g/mol. The summed E-state index contributed by atoms with van der Waals surface area (Å²) in [5.41, 5.74) is 0.819. The van der Waals surface area contributed by atoms with Crippen LogP contribution in [-0.2, 0) is 11.3 Å². The van der Waals surface area contributed by atoms with Gasteiger partial charge in [0.25, 0.3) is 0 Å². The third kappa shape index (κ3) is 5.97. The molecule has 2 atom stereocenters. The number of rotatable bonds is 4. The Hall–Kier alpha value is -1.07. The van der Waals surface area contributed by atoms with Crippen molar-refractivity contribution in [2.45, 2.75) is 64.3 Å². The molecule has 0 spiro atoms. The van der Waals surface area contributed by atoms with Gasteiger partial charge in [0.05, 0.1) is 0 Å². The van der Waals surface area contributed by atoms with Crippen molar-refractivity contribution < 1.29 is 9.53 Å². The van der Waals surface area contributed by atoms with E-state index in [1.165, 1.54) is 5.56 Å². The van der Waals surface area contributed by atoms with Crippen molar-refractivity contribution in [1.82, 2.24) is 10.6 Å². The first-order valence-corrected chi connectivity index (χ1v) is 8.58. The molecule has 0 saturated heterocycles. The van der Waals surface area contributed by atoms with Gasteiger partial charge in [0, 0.05) is 23.1 Å². The second-order valence-corrected chi connectivity index (χ2v) is 7.78. The highest BCUT2D eigenvalue weighted by atomic mass is 79.9. The second kappa shape index (κ2) is 7.47. The number of nitrogens with one attached hydrogen (secondary N) is 2. The van der Waals surface area contributed by atoms with Gasteiger partial charge in [-0.05, 0) is 57.7 Å². The molecule has 0 aromatic heterocycles. The number of carbonyl (C=O) groups excluding carboxylic acids is 1. The quantitative estimate of drug-likeness (QED) is 0.844. The van der Waals surface area contributed by atoms with Gasteiger partial charge in [-0.3, -0.25) is 0 Å². The van der Waals surface area contributed by atoms with Crippen LogP contribution in [0.3, 0.4) is 0 Å². The number of alkyl carbamates (subject to hydrolysis) is 1. The van der Waals surface area contributed by atoms with Gasteiger partial charge in [-0.1, -0.05) is 28.1 Å². The molecule has 1 aliphatic rings. The number of hydrogen-bond donors (Lipinski definition) is 2. The monoisotopic (exact) mass is 368 g/mol. The number of ether oxygens (including phenoxy) is 1. The van der Waals surface area contributed by atoms with Gasteiger partial charge >= 0.3 is 6.09 Å². The summed E-state index contributed by atoms with van der Waals surface area (Å²) in [6, 6.07) is 8.96. The smallest absolute Gasteiger partial charge is 0.407 e. The minimum absolute atomic E-state index is 0.204. The molecule has 22 heavy (non-hydrogen) atoms. The van der Waals surface area contributed by atoms with Crippen molar-refractivity contribution in [2.75, 3.05) is 0 Å². The molecule has 1 aromatic rings. The predicted molar refractivity (Wildman–Crippen MR) is 91.8 cm³/mol. The first kappa shape index (κ1) is 17.3. The maximum Gasteiger partial charge on any atom is 0.407 e. The number of halogens is 1. The fraction of sp³-hybridized carbons (Fsp3) is 0.588. The van der Waals surface area contributed by atoms with Crippen LogP contribution in [0.2, 0.25) is 0 Å². The van der Waals surface area contributed by atoms with E-state index < -0.39 is 5.60 Å². The number of amides is 1. The van der Waals surface area contributed by atoms with Gasteiger partial charge in [0.15, 0.2) is 0 Å². The van der Waals surface area contributed by atoms with Crippen LogP contribution in [-0.4, -0.2) is 23.8 Å². The molecule has 1 aliphatic carbocycles. The zero-order valence-corrected chi connectivity index (χ0v) is 15.1. The Morgan fingerprint density at radius 1 is 1.32 bits per heavy atom. The van der Waals surface area contributed by atoms with Gasteiger partial charge in [0.2, 0.25) is 0 Å². The van der Waals surface area contributed by atoms with Crippen molar-refractivity contribution in [3.05, 3.63) is 34.3 Å². The molecule has 1 aromatic carbocycles. The Bertz CT molecular complexity index is 514. The molecule has 2 N–H and O–H groups in total. The Balaban J connectivity index is 1.72. The largest absolute Gasteiger partial charge is 0.444 e. The third-order valence-electron chi connectivity index (χ3n) is 3.64. The van der Waals surface area contributed by atoms with Gasteiger partial charge in [0.1, 0.15) is 5.60 Å². The second-order valence-electron chi connectivity index (χ2n) is 6.86. The van der Waals surface area contributed by atoms with Gasteiger partial charge in [-0.15, -0.1) is 0 Å². The van der Waals surface area contributed by atoms with Crippen molar-refractivity contribution in [1.29, 1.82) is 0 Å². The molecule has 0 bridgehead atoms. The predicted octanol–water partition coefficient (Wildman–Crippen LogP) is 3.98. The van der Waals surface area contributed by atoms with E-state index in [2.05, 4.69) is 38.7 Å². The van der Waals surface area contributed by atoms with E-state index in [-0.39, 0.29) is 12.1 Å². The average molecular weight is 369 g/mol. The topological polar surface area (TPSA) is 50.4 Å². The molecule has 4 nitrogen and oxygen atoms in total. The number of carbonyl (C=O) groups is 1. The van der Waals surface area contributed by atoms with Crippen LogP contribution in [0.5, 0.6) is 0 Å². The van der Waals surface area contributed by atoms with E-state index in [1.807, 2.05) is 32.9 Å². The van der Waals surface area contributed by atoms with Crippen molar-refractivity contribution in [3.8, 4) is 0 Å². The SMILES string of the molecule is CC(C)(C)OC(=O)NC1CCC(NCc2cccc(Br)c2)C1. The number of benzene rings is 1. The lowest BCUT2D eigenvalue weighted by atomic mass is 10.2. The maximum atomic E-state index is 11.8. The summed E-state index contributed by atoms with van der Waals surface area (Å²) >= 11 is 3.49. The van der Waals surface area contributed by atoms with Gasteiger partial charge < -0.3 is 15.4 Å². The molecular formula is C17H25BrN2O2. The molecule has 122 valence electrons. The first-order valence-electron chi connectivity index (χ1n) is 7.79. The fourth-order valence-electron chi connectivity index (χ4n) is 2.68. The Morgan fingerprint density at radius 2 is 2.05 bits per heavy atom. The average Bonchev–Trinajstić information content (AvgIpc) is 2.81. The van der Waals surface area contributed by atoms with E-state index >= 15 is 0 Å². The van der Waals surface area contributed by atoms with Crippen LogP contribution in [0.25, 0.3) is 0 Å². The molecule has 1 saturated carbocycles. The molecule has 0 heterocycles. The lowest BCUT2D eigenvalue weighted by molar-refractivity contribution is 0.0505. The lowest BCUT2D eigenvalue weighted by Crippen LogP contribution is -2.38. The molecule has 0 radical (unpaired) electrons. The normalized spacial score (nSPS) is 21.6. The van der Waals surface area contributed by atoms with Crippen molar-refractivity contribution in [2.24, 2.45) is 0 Å².